The van der Waals surface area contributed by atoms with Gasteiger partial charge in [0.15, 0.2) is 0 Å². The first-order chi connectivity index (χ1) is 18.3. The van der Waals surface area contributed by atoms with Crippen molar-refractivity contribution in [2.75, 3.05) is 26.2 Å². The van der Waals surface area contributed by atoms with E-state index in [0.717, 1.165) is 55.1 Å². The molecule has 208 valence electrons. The standard InChI is InChI=1S/C31H46N4O3/c1-5-24(6-2)31(38)35-18-9-13-28(35)30(37)34-27(29(36)33-17-10-16-32-21-22(3)4)20-23-14-15-25-11-7-8-12-26(25)19-23/h7-8,11-12,14-15,19,22,24,27,32,34,37H,5-6,9-10,13,16-18,20-21H2,1-4H3,(H,33,36)/b30-28-/t27-/m1/s1. The van der Waals surface area contributed by atoms with Gasteiger partial charge in [-0.3, -0.25) is 9.59 Å². The summed E-state index contributed by atoms with van der Waals surface area (Å²) < 4.78 is 0. The fourth-order valence-corrected chi connectivity index (χ4v) is 5.02. The van der Waals surface area contributed by atoms with Crippen LogP contribution in [-0.2, 0) is 16.0 Å². The van der Waals surface area contributed by atoms with E-state index in [2.05, 4.69) is 54.1 Å². The zero-order valence-corrected chi connectivity index (χ0v) is 23.6. The largest absolute Gasteiger partial charge is 0.494 e. The van der Waals surface area contributed by atoms with E-state index in [1.807, 2.05) is 32.0 Å². The van der Waals surface area contributed by atoms with Crippen molar-refractivity contribution in [1.82, 2.24) is 20.9 Å². The van der Waals surface area contributed by atoms with Crippen LogP contribution in [0, 0.1) is 11.8 Å². The first-order valence-corrected chi connectivity index (χ1v) is 14.3. The van der Waals surface area contributed by atoms with Gasteiger partial charge in [-0.25, -0.2) is 0 Å². The molecule has 0 aromatic heterocycles. The zero-order valence-electron chi connectivity index (χ0n) is 23.6. The molecule has 7 nitrogen and oxygen atoms in total. The van der Waals surface area contributed by atoms with Crippen LogP contribution in [-0.4, -0.2) is 54.0 Å². The van der Waals surface area contributed by atoms with Crippen molar-refractivity contribution in [3.8, 4) is 0 Å². The molecular formula is C31H46N4O3. The summed E-state index contributed by atoms with van der Waals surface area (Å²) in [4.78, 5) is 28.1. The van der Waals surface area contributed by atoms with E-state index >= 15 is 0 Å². The molecule has 0 unspecified atom stereocenters. The smallest absolute Gasteiger partial charge is 0.242 e. The van der Waals surface area contributed by atoms with Crippen molar-refractivity contribution in [2.45, 2.75) is 72.3 Å². The molecule has 1 fully saturated rings. The maximum atomic E-state index is 13.3. The van der Waals surface area contributed by atoms with Crippen LogP contribution in [0.15, 0.2) is 54.0 Å². The van der Waals surface area contributed by atoms with Gasteiger partial charge in [0.2, 0.25) is 17.7 Å². The predicted molar refractivity (Wildman–Crippen MR) is 155 cm³/mol. The Kier molecular flexibility index (Phi) is 11.5. The van der Waals surface area contributed by atoms with Gasteiger partial charge in [-0.15, -0.1) is 0 Å². The normalized spacial score (nSPS) is 15.8. The number of hydrogen-bond acceptors (Lipinski definition) is 5. The molecule has 2 amide bonds. The highest BCUT2D eigenvalue weighted by molar-refractivity contribution is 5.85. The number of likely N-dealkylation sites (tertiary alicyclic amines) is 1. The van der Waals surface area contributed by atoms with Gasteiger partial charge in [0.1, 0.15) is 6.04 Å². The summed E-state index contributed by atoms with van der Waals surface area (Å²) in [5.41, 5.74) is 1.60. The van der Waals surface area contributed by atoms with Crippen LogP contribution >= 0.6 is 0 Å². The van der Waals surface area contributed by atoms with E-state index in [4.69, 9.17) is 0 Å². The number of nitrogens with one attached hydrogen (secondary N) is 3. The maximum absolute atomic E-state index is 13.3. The summed E-state index contributed by atoms with van der Waals surface area (Å²) in [7, 11) is 0. The van der Waals surface area contributed by atoms with Crippen LogP contribution in [0.2, 0.25) is 0 Å². The second kappa shape index (κ2) is 14.8. The number of fused-ring (bicyclic) bond motifs is 1. The molecule has 4 N–H and O–H groups in total. The SMILES string of the molecule is CCC(CC)C(=O)N1CCC/C1=C(/O)N[C@H](Cc1ccc2ccccc2c1)C(=O)NCCCNCC(C)C. The van der Waals surface area contributed by atoms with E-state index < -0.39 is 6.04 Å². The number of rotatable bonds is 14. The van der Waals surface area contributed by atoms with Crippen molar-refractivity contribution >= 4 is 22.6 Å². The van der Waals surface area contributed by atoms with Crippen molar-refractivity contribution in [2.24, 2.45) is 11.8 Å². The highest BCUT2D eigenvalue weighted by Crippen LogP contribution is 2.27. The highest BCUT2D eigenvalue weighted by Gasteiger charge is 2.31. The Morgan fingerprint density at radius 1 is 1.03 bits per heavy atom. The van der Waals surface area contributed by atoms with Crippen molar-refractivity contribution in [3.05, 3.63) is 59.6 Å². The van der Waals surface area contributed by atoms with Gasteiger partial charge in [-0.2, -0.15) is 0 Å². The molecule has 7 heteroatoms. The van der Waals surface area contributed by atoms with Crippen LogP contribution in [0.4, 0.5) is 0 Å². The predicted octanol–water partition coefficient (Wildman–Crippen LogP) is 4.88. The number of benzene rings is 2. The molecule has 2 aromatic carbocycles. The number of carbonyl (C=O) groups is 2. The molecule has 38 heavy (non-hydrogen) atoms. The Bertz CT molecular complexity index is 1090. The third kappa shape index (κ3) is 8.22. The quantitative estimate of drug-likeness (QED) is 0.210. The van der Waals surface area contributed by atoms with Gasteiger partial charge < -0.3 is 26.0 Å². The van der Waals surface area contributed by atoms with Gasteiger partial charge in [0, 0.05) is 25.4 Å². The third-order valence-electron chi connectivity index (χ3n) is 7.26. The number of aliphatic hydroxyl groups excluding tert-OH is 1. The van der Waals surface area contributed by atoms with E-state index in [1.165, 1.54) is 0 Å². The lowest BCUT2D eigenvalue weighted by atomic mass is 10.0. The topological polar surface area (TPSA) is 93.7 Å². The number of aliphatic hydroxyl groups is 1. The molecule has 2 aromatic rings. The van der Waals surface area contributed by atoms with Crippen molar-refractivity contribution in [3.63, 3.8) is 0 Å². The summed E-state index contributed by atoms with van der Waals surface area (Å²) in [5.74, 6) is 0.353. The fraction of sp³-hybridized carbons (Fsp3) is 0.548. The summed E-state index contributed by atoms with van der Waals surface area (Å²) in [5, 5.41) is 22.9. The molecule has 1 saturated heterocycles. The molecule has 1 aliphatic heterocycles. The lowest BCUT2D eigenvalue weighted by molar-refractivity contribution is -0.133. The van der Waals surface area contributed by atoms with Gasteiger partial charge in [-0.1, -0.05) is 70.2 Å². The first kappa shape index (κ1) is 29.5. The van der Waals surface area contributed by atoms with Gasteiger partial charge in [0.05, 0.1) is 5.70 Å². The van der Waals surface area contributed by atoms with Crippen LogP contribution in [0.1, 0.15) is 65.4 Å². The lowest BCUT2D eigenvalue weighted by Gasteiger charge is -2.25. The summed E-state index contributed by atoms with van der Waals surface area (Å²) in [6.45, 7) is 11.3. The maximum Gasteiger partial charge on any atom is 0.242 e. The average Bonchev–Trinajstić information content (AvgIpc) is 3.41. The molecule has 0 spiro atoms. The highest BCUT2D eigenvalue weighted by atomic mass is 16.3. The molecule has 0 saturated carbocycles. The Balaban J connectivity index is 1.75. The Morgan fingerprint density at radius 2 is 1.76 bits per heavy atom. The van der Waals surface area contributed by atoms with Crippen LogP contribution < -0.4 is 16.0 Å². The summed E-state index contributed by atoms with van der Waals surface area (Å²) in [6.07, 6.45) is 4.19. The molecule has 0 bridgehead atoms. The monoisotopic (exact) mass is 522 g/mol. The number of carbonyl (C=O) groups excluding carboxylic acids is 2. The second-order valence-corrected chi connectivity index (χ2v) is 10.7. The molecule has 3 rings (SSSR count). The molecule has 0 radical (unpaired) electrons. The number of nitrogens with zero attached hydrogens (tertiary/aromatic N) is 1. The van der Waals surface area contributed by atoms with Gasteiger partial charge in [-0.05, 0) is 67.4 Å². The average molecular weight is 523 g/mol. The van der Waals surface area contributed by atoms with E-state index in [9.17, 15) is 14.7 Å². The zero-order chi connectivity index (χ0) is 27.5. The molecule has 1 atom stereocenters. The molecule has 0 aliphatic carbocycles. The summed E-state index contributed by atoms with van der Waals surface area (Å²) >= 11 is 0. The minimum Gasteiger partial charge on any atom is -0.494 e. The van der Waals surface area contributed by atoms with Crippen LogP contribution in [0.3, 0.4) is 0 Å². The van der Waals surface area contributed by atoms with E-state index in [0.29, 0.717) is 37.5 Å². The van der Waals surface area contributed by atoms with Crippen LogP contribution in [0.25, 0.3) is 10.8 Å². The van der Waals surface area contributed by atoms with E-state index in [-0.39, 0.29) is 23.6 Å². The lowest BCUT2D eigenvalue weighted by Crippen LogP contribution is -2.46. The third-order valence-corrected chi connectivity index (χ3v) is 7.26. The number of allylic oxidation sites excluding steroid dienone is 1. The van der Waals surface area contributed by atoms with Gasteiger partial charge >= 0.3 is 0 Å². The Morgan fingerprint density at radius 3 is 2.47 bits per heavy atom. The molecule has 1 heterocycles. The van der Waals surface area contributed by atoms with Gasteiger partial charge in [0.25, 0.3) is 0 Å². The minimum atomic E-state index is -0.669. The van der Waals surface area contributed by atoms with Crippen molar-refractivity contribution < 1.29 is 14.7 Å². The number of hydrogen-bond donors (Lipinski definition) is 4. The van der Waals surface area contributed by atoms with Crippen molar-refractivity contribution in [1.29, 1.82) is 0 Å². The molecular weight excluding hydrogens is 476 g/mol. The second-order valence-electron chi connectivity index (χ2n) is 10.7. The van der Waals surface area contributed by atoms with Crippen LogP contribution in [0.5, 0.6) is 0 Å². The number of amides is 2. The Labute approximate surface area is 228 Å². The molecule has 1 aliphatic rings. The fourth-order valence-electron chi connectivity index (χ4n) is 5.02. The van der Waals surface area contributed by atoms with E-state index in [1.54, 1.807) is 4.90 Å². The Hall–Kier alpha value is -3.06. The summed E-state index contributed by atoms with van der Waals surface area (Å²) in [6, 6.07) is 13.7. The minimum absolute atomic E-state index is 0.0558. The first-order valence-electron chi connectivity index (χ1n) is 14.3.